The maximum Gasteiger partial charge on any atom is 0.115 e. The molecule has 1 aromatic carbocycles. The molecule has 0 bridgehead atoms. The van der Waals surface area contributed by atoms with Gasteiger partial charge in [0.1, 0.15) is 6.10 Å². The number of rotatable bonds is 3. The highest BCUT2D eigenvalue weighted by atomic mass is 16.5. The maximum atomic E-state index is 8.66. The predicted octanol–water partition coefficient (Wildman–Crippen LogP) is 2.66. The third kappa shape index (κ3) is 2.77. The molecule has 0 radical (unpaired) electrons. The molecule has 0 aromatic heterocycles. The Bertz CT molecular complexity index is 403. The largest absolute Gasteiger partial charge is 0.497 e. The van der Waals surface area contributed by atoms with Crippen molar-refractivity contribution in [2.75, 3.05) is 11.9 Å². The summed E-state index contributed by atoms with van der Waals surface area (Å²) in [6.07, 6.45) is 6.20. The van der Waals surface area contributed by atoms with Crippen molar-refractivity contribution in [3.8, 4) is 6.07 Å². The summed E-state index contributed by atoms with van der Waals surface area (Å²) in [6.45, 7) is 0.802. The molecule has 1 unspecified atom stereocenters. The second kappa shape index (κ2) is 5.22. The number of hydrogen-bond donors (Lipinski definition) is 1. The lowest BCUT2D eigenvalue weighted by Gasteiger charge is -2.20. The third-order valence-corrected chi connectivity index (χ3v) is 2.57. The molecule has 82 valence electrons. The van der Waals surface area contributed by atoms with Gasteiger partial charge in [0.05, 0.1) is 24.4 Å². The standard InChI is InChI=1S/C13H14N2O/c14-9-11-4-6-12(7-5-11)15-10-13-3-1-2-8-16-13/h2,4-8,13,15H,1,3,10H2. The number of allylic oxidation sites excluding steroid dienone is 1. The molecular formula is C13H14N2O. The van der Waals surface area contributed by atoms with Gasteiger partial charge in [-0.1, -0.05) is 0 Å². The van der Waals surface area contributed by atoms with E-state index in [4.69, 9.17) is 10.00 Å². The number of benzene rings is 1. The number of hydrogen-bond acceptors (Lipinski definition) is 3. The molecule has 1 aromatic rings. The average Bonchev–Trinajstić information content (AvgIpc) is 2.38. The van der Waals surface area contributed by atoms with Crippen LogP contribution in [-0.4, -0.2) is 12.6 Å². The number of nitrogens with one attached hydrogen (secondary N) is 1. The number of nitrogens with zero attached hydrogens (tertiary/aromatic N) is 1. The van der Waals surface area contributed by atoms with Gasteiger partial charge >= 0.3 is 0 Å². The van der Waals surface area contributed by atoms with Crippen LogP contribution in [0.15, 0.2) is 36.6 Å². The Labute approximate surface area is 95.3 Å². The van der Waals surface area contributed by atoms with Gasteiger partial charge in [-0.25, -0.2) is 0 Å². The fourth-order valence-corrected chi connectivity index (χ4v) is 1.63. The van der Waals surface area contributed by atoms with Crippen molar-refractivity contribution in [2.45, 2.75) is 18.9 Å². The van der Waals surface area contributed by atoms with E-state index >= 15 is 0 Å². The molecule has 1 N–H and O–H groups in total. The van der Waals surface area contributed by atoms with E-state index in [9.17, 15) is 0 Å². The quantitative estimate of drug-likeness (QED) is 0.841. The van der Waals surface area contributed by atoms with Gasteiger partial charge in [0.15, 0.2) is 0 Å². The van der Waals surface area contributed by atoms with Gasteiger partial charge in [-0.3, -0.25) is 0 Å². The second-order valence-corrected chi connectivity index (χ2v) is 3.78. The lowest BCUT2D eigenvalue weighted by molar-refractivity contribution is 0.135. The highest BCUT2D eigenvalue weighted by molar-refractivity contribution is 5.47. The maximum absolute atomic E-state index is 8.66. The van der Waals surface area contributed by atoms with Gasteiger partial charge in [-0.2, -0.15) is 5.26 Å². The molecule has 0 saturated carbocycles. The fraction of sp³-hybridized carbons (Fsp3) is 0.308. The van der Waals surface area contributed by atoms with Crippen molar-refractivity contribution >= 4 is 5.69 Å². The van der Waals surface area contributed by atoms with Gasteiger partial charge in [0.2, 0.25) is 0 Å². The van der Waals surface area contributed by atoms with Crippen molar-refractivity contribution in [1.29, 1.82) is 5.26 Å². The Morgan fingerprint density at radius 2 is 2.19 bits per heavy atom. The Hall–Kier alpha value is -1.95. The van der Waals surface area contributed by atoms with Crippen LogP contribution in [0.2, 0.25) is 0 Å². The summed E-state index contributed by atoms with van der Waals surface area (Å²) < 4.78 is 5.45. The summed E-state index contributed by atoms with van der Waals surface area (Å²) in [5.41, 5.74) is 1.71. The van der Waals surface area contributed by atoms with E-state index in [0.29, 0.717) is 5.56 Å². The van der Waals surface area contributed by atoms with Crippen molar-refractivity contribution in [2.24, 2.45) is 0 Å². The lowest BCUT2D eigenvalue weighted by Crippen LogP contribution is -2.22. The zero-order valence-electron chi connectivity index (χ0n) is 9.02. The minimum atomic E-state index is 0.251. The van der Waals surface area contributed by atoms with Gasteiger partial charge in [0, 0.05) is 5.69 Å². The average molecular weight is 214 g/mol. The second-order valence-electron chi connectivity index (χ2n) is 3.78. The molecule has 0 fully saturated rings. The van der Waals surface area contributed by atoms with E-state index in [1.54, 1.807) is 6.26 Å². The van der Waals surface area contributed by atoms with E-state index in [2.05, 4.69) is 11.4 Å². The van der Waals surface area contributed by atoms with E-state index in [-0.39, 0.29) is 6.10 Å². The minimum Gasteiger partial charge on any atom is -0.497 e. The van der Waals surface area contributed by atoms with Crippen LogP contribution < -0.4 is 5.32 Å². The van der Waals surface area contributed by atoms with Gasteiger partial charge in [-0.15, -0.1) is 0 Å². The normalized spacial score (nSPS) is 18.6. The molecular weight excluding hydrogens is 200 g/mol. The predicted molar refractivity (Wildman–Crippen MR) is 62.9 cm³/mol. The number of ether oxygens (including phenoxy) is 1. The highest BCUT2D eigenvalue weighted by Crippen LogP contribution is 2.13. The van der Waals surface area contributed by atoms with Gasteiger partial charge in [-0.05, 0) is 43.2 Å². The fourth-order valence-electron chi connectivity index (χ4n) is 1.63. The van der Waals surface area contributed by atoms with Crippen molar-refractivity contribution in [3.63, 3.8) is 0 Å². The molecule has 3 nitrogen and oxygen atoms in total. The monoisotopic (exact) mass is 214 g/mol. The number of anilines is 1. The van der Waals surface area contributed by atoms with E-state index in [0.717, 1.165) is 25.1 Å². The first kappa shape index (κ1) is 10.6. The molecule has 1 atom stereocenters. The third-order valence-electron chi connectivity index (χ3n) is 2.57. The first-order valence-electron chi connectivity index (χ1n) is 5.43. The Morgan fingerprint density at radius 1 is 1.38 bits per heavy atom. The van der Waals surface area contributed by atoms with Crippen molar-refractivity contribution in [3.05, 3.63) is 42.2 Å². The van der Waals surface area contributed by atoms with Crippen LogP contribution in [0.3, 0.4) is 0 Å². The van der Waals surface area contributed by atoms with Crippen LogP contribution in [0.5, 0.6) is 0 Å². The van der Waals surface area contributed by atoms with Crippen LogP contribution in [0.4, 0.5) is 5.69 Å². The molecule has 3 heteroatoms. The van der Waals surface area contributed by atoms with E-state index in [1.807, 2.05) is 30.3 Å². The van der Waals surface area contributed by atoms with Crippen LogP contribution >= 0.6 is 0 Å². The van der Waals surface area contributed by atoms with Crippen LogP contribution in [-0.2, 0) is 4.74 Å². The van der Waals surface area contributed by atoms with Crippen molar-refractivity contribution in [1.82, 2.24) is 0 Å². The lowest BCUT2D eigenvalue weighted by atomic mass is 10.1. The summed E-state index contributed by atoms with van der Waals surface area (Å²) in [7, 11) is 0. The van der Waals surface area contributed by atoms with Crippen LogP contribution in [0.25, 0.3) is 0 Å². The molecule has 0 aliphatic carbocycles. The van der Waals surface area contributed by atoms with E-state index < -0.39 is 0 Å². The van der Waals surface area contributed by atoms with Gasteiger partial charge in [0.25, 0.3) is 0 Å². The van der Waals surface area contributed by atoms with Crippen molar-refractivity contribution < 1.29 is 4.74 Å². The van der Waals surface area contributed by atoms with Crippen LogP contribution in [0, 0.1) is 11.3 Å². The Kier molecular flexibility index (Phi) is 3.45. The summed E-state index contributed by atoms with van der Waals surface area (Å²) in [5, 5.41) is 12.0. The first-order chi connectivity index (χ1) is 7.88. The smallest absolute Gasteiger partial charge is 0.115 e. The molecule has 16 heavy (non-hydrogen) atoms. The topological polar surface area (TPSA) is 45.0 Å². The summed E-state index contributed by atoms with van der Waals surface area (Å²) in [4.78, 5) is 0. The SMILES string of the molecule is N#Cc1ccc(NCC2CCC=CO2)cc1. The number of nitriles is 1. The summed E-state index contributed by atoms with van der Waals surface area (Å²) in [5.74, 6) is 0. The Morgan fingerprint density at radius 3 is 2.81 bits per heavy atom. The summed E-state index contributed by atoms with van der Waals surface area (Å²) >= 11 is 0. The molecule has 2 rings (SSSR count). The molecule has 1 aliphatic heterocycles. The molecule has 1 heterocycles. The minimum absolute atomic E-state index is 0.251. The van der Waals surface area contributed by atoms with Crippen LogP contribution in [0.1, 0.15) is 18.4 Å². The first-order valence-corrected chi connectivity index (χ1v) is 5.43. The molecule has 1 aliphatic rings. The Balaban J connectivity index is 1.85. The zero-order chi connectivity index (χ0) is 11.2. The zero-order valence-corrected chi connectivity index (χ0v) is 9.02. The molecule has 0 amide bonds. The van der Waals surface area contributed by atoms with E-state index in [1.165, 1.54) is 0 Å². The summed E-state index contributed by atoms with van der Waals surface area (Å²) in [6, 6.07) is 9.54. The van der Waals surface area contributed by atoms with Gasteiger partial charge < -0.3 is 10.1 Å². The molecule has 0 spiro atoms. The highest BCUT2D eigenvalue weighted by Gasteiger charge is 2.09. The molecule has 0 saturated heterocycles.